The van der Waals surface area contributed by atoms with E-state index in [-0.39, 0.29) is 36.4 Å². The van der Waals surface area contributed by atoms with Crippen molar-refractivity contribution in [3.8, 4) is 0 Å². The van der Waals surface area contributed by atoms with E-state index in [9.17, 15) is 4.79 Å². The lowest BCUT2D eigenvalue weighted by Crippen LogP contribution is -2.47. The predicted molar refractivity (Wildman–Crippen MR) is 95.5 cm³/mol. The minimum atomic E-state index is 0. The molecule has 3 unspecified atom stereocenters. The zero-order valence-corrected chi connectivity index (χ0v) is 15.4. The summed E-state index contributed by atoms with van der Waals surface area (Å²) in [4.78, 5) is 14.2. The molecule has 0 bridgehead atoms. The Hall–Kier alpha value is -0.680. The van der Waals surface area contributed by atoms with E-state index in [2.05, 4.69) is 53.4 Å². The number of hydrogen-bond donors (Lipinski definition) is 0. The van der Waals surface area contributed by atoms with E-state index in [1.165, 1.54) is 6.08 Å². The molecule has 1 heterocycles. The maximum atomic E-state index is 11.9. The molecule has 0 spiro atoms. The van der Waals surface area contributed by atoms with Gasteiger partial charge in [0, 0.05) is 30.0 Å². The fourth-order valence-corrected chi connectivity index (χ4v) is 3.15. The van der Waals surface area contributed by atoms with Gasteiger partial charge in [-0.15, -0.1) is 12.4 Å². The molecule has 1 aromatic carbocycles. The molecule has 3 nitrogen and oxygen atoms in total. The summed E-state index contributed by atoms with van der Waals surface area (Å²) < 4.78 is 6.84. The van der Waals surface area contributed by atoms with Crippen molar-refractivity contribution >= 4 is 34.1 Å². The van der Waals surface area contributed by atoms with Crippen molar-refractivity contribution in [1.82, 2.24) is 4.90 Å². The summed E-state index contributed by atoms with van der Waals surface area (Å²) in [5.41, 5.74) is 1.16. The average Bonchev–Trinajstić information content (AvgIpc) is 2.44. The van der Waals surface area contributed by atoms with E-state index >= 15 is 0 Å². The zero-order valence-electron chi connectivity index (χ0n) is 13.0. The summed E-state index contributed by atoms with van der Waals surface area (Å²) in [5, 5.41) is 0. The number of nitrogens with zero attached hydrogens (tertiary/aromatic N) is 1. The molecule has 0 aromatic heterocycles. The van der Waals surface area contributed by atoms with Crippen LogP contribution < -0.4 is 0 Å². The normalized spacial score (nSPS) is 23.4. The largest absolute Gasteiger partial charge is 0.373 e. The smallest absolute Gasteiger partial charge is 0.157 e. The standard InChI is InChI=1S/C17H22BrNO2.ClH/c1-4-16(20)9-17(14-5-7-15(18)8-6-14)19-10-12(2)21-13(3)11-19;/h4-8,12-13,17H,1,9-11H2,2-3H3;1H. The van der Waals surface area contributed by atoms with E-state index in [1.54, 1.807) is 0 Å². The van der Waals surface area contributed by atoms with E-state index in [0.29, 0.717) is 6.42 Å². The van der Waals surface area contributed by atoms with Crippen molar-refractivity contribution < 1.29 is 9.53 Å². The van der Waals surface area contributed by atoms with Gasteiger partial charge in [0.25, 0.3) is 0 Å². The first kappa shape index (κ1) is 19.4. The van der Waals surface area contributed by atoms with Gasteiger partial charge in [-0.1, -0.05) is 34.6 Å². The van der Waals surface area contributed by atoms with Gasteiger partial charge in [0.1, 0.15) is 0 Å². The van der Waals surface area contributed by atoms with Gasteiger partial charge in [-0.2, -0.15) is 0 Å². The first-order valence-corrected chi connectivity index (χ1v) is 8.09. The highest BCUT2D eigenvalue weighted by atomic mass is 79.9. The summed E-state index contributed by atoms with van der Waals surface area (Å²) in [5.74, 6) is 0.0784. The van der Waals surface area contributed by atoms with Crippen LogP contribution >= 0.6 is 28.3 Å². The van der Waals surface area contributed by atoms with Crippen LogP contribution in [0, 0.1) is 0 Å². The Bertz CT molecular complexity index is 496. The minimum absolute atomic E-state index is 0. The number of morpholine rings is 1. The van der Waals surface area contributed by atoms with Crippen molar-refractivity contribution in [3.63, 3.8) is 0 Å². The number of ether oxygens (including phenoxy) is 1. The van der Waals surface area contributed by atoms with E-state index in [1.807, 2.05) is 12.1 Å². The first-order valence-electron chi connectivity index (χ1n) is 7.30. The molecule has 2 rings (SSSR count). The lowest BCUT2D eigenvalue weighted by Gasteiger charge is -2.40. The molecule has 0 amide bonds. The second-order valence-corrected chi connectivity index (χ2v) is 6.57. The molecule has 3 atom stereocenters. The fourth-order valence-electron chi connectivity index (χ4n) is 2.89. The highest BCUT2D eigenvalue weighted by Crippen LogP contribution is 2.29. The molecule has 1 fully saturated rings. The van der Waals surface area contributed by atoms with Crippen molar-refractivity contribution in [2.45, 2.75) is 38.5 Å². The van der Waals surface area contributed by atoms with Gasteiger partial charge in [0.15, 0.2) is 5.78 Å². The number of allylic oxidation sites excluding steroid dienone is 1. The average molecular weight is 389 g/mol. The molecule has 1 saturated heterocycles. The van der Waals surface area contributed by atoms with Crippen LogP contribution in [-0.2, 0) is 9.53 Å². The Labute approximate surface area is 147 Å². The Balaban J connectivity index is 0.00000242. The van der Waals surface area contributed by atoms with Gasteiger partial charge >= 0.3 is 0 Å². The van der Waals surface area contributed by atoms with E-state index in [4.69, 9.17) is 4.74 Å². The van der Waals surface area contributed by atoms with Crippen LogP contribution in [0.1, 0.15) is 31.9 Å². The molecule has 1 aliphatic rings. The Morgan fingerprint density at radius 3 is 2.41 bits per heavy atom. The highest BCUT2D eigenvalue weighted by molar-refractivity contribution is 9.10. The number of carbonyl (C=O) groups is 1. The number of benzene rings is 1. The predicted octanol–water partition coefficient (Wildman–Crippen LogP) is 4.17. The summed E-state index contributed by atoms with van der Waals surface area (Å²) in [6.45, 7) is 9.44. The maximum Gasteiger partial charge on any atom is 0.157 e. The monoisotopic (exact) mass is 387 g/mol. The molecular weight excluding hydrogens is 366 g/mol. The van der Waals surface area contributed by atoms with Gasteiger partial charge in [-0.25, -0.2) is 0 Å². The third-order valence-corrected chi connectivity index (χ3v) is 4.29. The fraction of sp³-hybridized carbons (Fsp3) is 0.471. The third kappa shape index (κ3) is 5.20. The summed E-state index contributed by atoms with van der Waals surface area (Å²) >= 11 is 3.46. The van der Waals surface area contributed by atoms with E-state index in [0.717, 1.165) is 23.1 Å². The second kappa shape index (κ2) is 8.82. The van der Waals surface area contributed by atoms with Crippen molar-refractivity contribution in [2.24, 2.45) is 0 Å². The quantitative estimate of drug-likeness (QED) is 0.709. The van der Waals surface area contributed by atoms with Crippen molar-refractivity contribution in [3.05, 3.63) is 47.0 Å². The lowest BCUT2D eigenvalue weighted by molar-refractivity contribution is -0.118. The topological polar surface area (TPSA) is 29.5 Å². The molecule has 1 aliphatic heterocycles. The summed E-state index contributed by atoms with van der Waals surface area (Å²) in [6, 6.07) is 8.28. The molecule has 0 radical (unpaired) electrons. The zero-order chi connectivity index (χ0) is 15.4. The van der Waals surface area contributed by atoms with Crippen LogP contribution in [0.4, 0.5) is 0 Å². The molecule has 5 heteroatoms. The maximum absolute atomic E-state index is 11.9. The van der Waals surface area contributed by atoms with Crippen LogP contribution in [0.3, 0.4) is 0 Å². The summed E-state index contributed by atoms with van der Waals surface area (Å²) in [6.07, 6.45) is 2.25. The molecule has 0 N–H and O–H groups in total. The van der Waals surface area contributed by atoms with Gasteiger partial charge in [-0.3, -0.25) is 9.69 Å². The van der Waals surface area contributed by atoms with Crippen LogP contribution in [-0.4, -0.2) is 36.0 Å². The number of halogens is 2. The van der Waals surface area contributed by atoms with Gasteiger partial charge in [0.05, 0.1) is 12.2 Å². The van der Waals surface area contributed by atoms with Gasteiger partial charge in [0.2, 0.25) is 0 Å². The SMILES string of the molecule is C=CC(=O)CC(c1ccc(Br)cc1)N1CC(C)OC(C)C1.Cl. The van der Waals surface area contributed by atoms with E-state index < -0.39 is 0 Å². The minimum Gasteiger partial charge on any atom is -0.373 e. The lowest BCUT2D eigenvalue weighted by atomic mass is 9.98. The Kier molecular flexibility index (Phi) is 7.77. The first-order chi connectivity index (χ1) is 9.99. The molecule has 22 heavy (non-hydrogen) atoms. The second-order valence-electron chi connectivity index (χ2n) is 5.65. The molecule has 0 aliphatic carbocycles. The van der Waals surface area contributed by atoms with Crippen LogP contribution in [0.5, 0.6) is 0 Å². The van der Waals surface area contributed by atoms with Gasteiger partial charge < -0.3 is 4.74 Å². The number of carbonyl (C=O) groups excluding carboxylic acids is 1. The molecule has 0 saturated carbocycles. The number of hydrogen-bond acceptors (Lipinski definition) is 3. The number of ketones is 1. The number of rotatable bonds is 5. The Morgan fingerprint density at radius 1 is 1.36 bits per heavy atom. The van der Waals surface area contributed by atoms with Gasteiger partial charge in [-0.05, 0) is 37.6 Å². The molecular formula is C17H23BrClNO2. The third-order valence-electron chi connectivity index (χ3n) is 3.77. The highest BCUT2D eigenvalue weighted by Gasteiger charge is 2.29. The molecule has 122 valence electrons. The molecule has 1 aromatic rings. The summed E-state index contributed by atoms with van der Waals surface area (Å²) in [7, 11) is 0. The van der Waals surface area contributed by atoms with Crippen LogP contribution in [0.15, 0.2) is 41.4 Å². The van der Waals surface area contributed by atoms with Crippen LogP contribution in [0.2, 0.25) is 0 Å². The van der Waals surface area contributed by atoms with Crippen molar-refractivity contribution in [2.75, 3.05) is 13.1 Å². The van der Waals surface area contributed by atoms with Crippen molar-refractivity contribution in [1.29, 1.82) is 0 Å². The Morgan fingerprint density at radius 2 is 1.91 bits per heavy atom. The van der Waals surface area contributed by atoms with Crippen LogP contribution in [0.25, 0.3) is 0 Å².